The fraction of sp³-hybridized carbons (Fsp3) is 0.625. The fourth-order valence-corrected chi connectivity index (χ4v) is 5.28. The topological polar surface area (TPSA) is 87.0 Å². The van der Waals surface area contributed by atoms with Gasteiger partial charge in [0, 0.05) is 17.7 Å². The highest BCUT2D eigenvalue weighted by molar-refractivity contribution is 6.21. The van der Waals surface area contributed by atoms with Crippen molar-refractivity contribution in [3.05, 3.63) is 35.4 Å². The summed E-state index contributed by atoms with van der Waals surface area (Å²) in [4.78, 5) is 10.4. The standard InChI is InChI=1S/C24H31ClO5/c25-20-14-21(26)23(19(20)8-4-5-13-30-15-22(27)28)16-9-11-18(12-10-16)24(29)17-6-2-1-3-7-17/h9-12,17,19-21,23-24,26,29H,1-3,6-8,13-15H2,(H,27,28)/t19?,20-,21-,23-,24?/m1/s1. The largest absolute Gasteiger partial charge is 0.480 e. The van der Waals surface area contributed by atoms with E-state index in [9.17, 15) is 15.0 Å². The zero-order chi connectivity index (χ0) is 21.5. The fourth-order valence-electron chi connectivity index (χ4n) is 4.85. The summed E-state index contributed by atoms with van der Waals surface area (Å²) in [6, 6.07) is 7.96. The van der Waals surface area contributed by atoms with Crippen LogP contribution in [0.1, 0.15) is 68.1 Å². The van der Waals surface area contributed by atoms with E-state index in [0.29, 0.717) is 18.8 Å². The van der Waals surface area contributed by atoms with Gasteiger partial charge < -0.3 is 20.1 Å². The minimum absolute atomic E-state index is 0.00255. The van der Waals surface area contributed by atoms with Crippen LogP contribution in [-0.2, 0) is 9.53 Å². The van der Waals surface area contributed by atoms with Gasteiger partial charge in [-0.2, -0.15) is 0 Å². The molecule has 0 bridgehead atoms. The third-order valence-corrected chi connectivity index (χ3v) is 6.93. The van der Waals surface area contributed by atoms with E-state index in [2.05, 4.69) is 11.8 Å². The Morgan fingerprint density at radius 1 is 1.17 bits per heavy atom. The molecule has 0 aromatic heterocycles. The molecule has 3 N–H and O–H groups in total. The summed E-state index contributed by atoms with van der Waals surface area (Å²) in [5.74, 6) is 5.06. The molecule has 0 saturated heterocycles. The van der Waals surface area contributed by atoms with Gasteiger partial charge in [-0.1, -0.05) is 49.4 Å². The van der Waals surface area contributed by atoms with Gasteiger partial charge in [0.25, 0.3) is 0 Å². The number of aliphatic carboxylic acids is 1. The molecule has 0 spiro atoms. The Morgan fingerprint density at radius 2 is 1.87 bits per heavy atom. The third kappa shape index (κ3) is 5.98. The number of halogens is 1. The van der Waals surface area contributed by atoms with Gasteiger partial charge in [0.15, 0.2) is 0 Å². The maximum absolute atomic E-state index is 10.7. The van der Waals surface area contributed by atoms with E-state index in [0.717, 1.165) is 24.0 Å². The maximum atomic E-state index is 10.7. The van der Waals surface area contributed by atoms with Gasteiger partial charge in [-0.05, 0) is 42.2 Å². The van der Waals surface area contributed by atoms with E-state index in [1.807, 2.05) is 24.3 Å². The lowest BCUT2D eigenvalue weighted by atomic mass is 9.81. The van der Waals surface area contributed by atoms with Crippen molar-refractivity contribution in [2.45, 2.75) is 68.4 Å². The molecule has 1 aromatic carbocycles. The molecule has 2 aliphatic carbocycles. The van der Waals surface area contributed by atoms with Crippen LogP contribution in [0.3, 0.4) is 0 Å². The average Bonchev–Trinajstić information content (AvgIpc) is 3.03. The lowest BCUT2D eigenvalue weighted by Gasteiger charge is -2.27. The Balaban J connectivity index is 1.63. The van der Waals surface area contributed by atoms with Gasteiger partial charge in [-0.3, -0.25) is 0 Å². The van der Waals surface area contributed by atoms with Gasteiger partial charge in [0.2, 0.25) is 0 Å². The number of hydrogen-bond acceptors (Lipinski definition) is 4. The molecule has 5 nitrogen and oxygen atoms in total. The van der Waals surface area contributed by atoms with E-state index in [1.54, 1.807) is 0 Å². The maximum Gasteiger partial charge on any atom is 0.329 e. The summed E-state index contributed by atoms with van der Waals surface area (Å²) < 4.78 is 4.93. The summed E-state index contributed by atoms with van der Waals surface area (Å²) in [5.41, 5.74) is 1.95. The summed E-state index contributed by atoms with van der Waals surface area (Å²) in [5, 5.41) is 29.7. The first-order valence-corrected chi connectivity index (χ1v) is 11.3. The molecule has 5 atom stereocenters. The number of aliphatic hydroxyl groups is 2. The Labute approximate surface area is 183 Å². The molecule has 0 aliphatic heterocycles. The van der Waals surface area contributed by atoms with Crippen LogP contribution in [0, 0.1) is 23.7 Å². The van der Waals surface area contributed by atoms with E-state index >= 15 is 0 Å². The number of hydrogen-bond donors (Lipinski definition) is 3. The molecule has 3 rings (SSSR count). The van der Waals surface area contributed by atoms with E-state index in [1.165, 1.54) is 19.3 Å². The number of alkyl halides is 1. The van der Waals surface area contributed by atoms with Crippen LogP contribution in [0.15, 0.2) is 24.3 Å². The van der Waals surface area contributed by atoms with Crippen molar-refractivity contribution in [3.8, 4) is 11.8 Å². The Kier molecular flexibility index (Phi) is 8.59. The van der Waals surface area contributed by atoms with E-state index in [-0.39, 0.29) is 30.4 Å². The zero-order valence-electron chi connectivity index (χ0n) is 17.2. The van der Waals surface area contributed by atoms with Crippen LogP contribution < -0.4 is 0 Å². The van der Waals surface area contributed by atoms with E-state index in [4.69, 9.17) is 21.4 Å². The molecule has 30 heavy (non-hydrogen) atoms. The molecule has 2 fully saturated rings. The third-order valence-electron chi connectivity index (χ3n) is 6.43. The number of carbonyl (C=O) groups is 1. The molecular weight excluding hydrogens is 404 g/mol. The molecule has 2 unspecified atom stereocenters. The highest BCUT2D eigenvalue weighted by Gasteiger charge is 2.42. The van der Waals surface area contributed by atoms with Gasteiger partial charge in [-0.25, -0.2) is 4.79 Å². The van der Waals surface area contributed by atoms with Crippen molar-refractivity contribution in [3.63, 3.8) is 0 Å². The SMILES string of the molecule is O=C(O)COCC#CCC1[C@H](Cl)C[C@@H](O)[C@@H]1c1ccc(C(O)C2CCCCC2)cc1. The van der Waals surface area contributed by atoms with Crippen LogP contribution in [0.5, 0.6) is 0 Å². The Hall–Kier alpha value is -1.58. The Morgan fingerprint density at radius 3 is 2.53 bits per heavy atom. The second-order valence-electron chi connectivity index (χ2n) is 8.46. The van der Waals surface area contributed by atoms with Crippen molar-refractivity contribution in [2.24, 2.45) is 11.8 Å². The number of carboxylic acid groups (broad SMARTS) is 1. The van der Waals surface area contributed by atoms with Crippen LogP contribution in [-0.4, -0.2) is 46.0 Å². The molecule has 0 amide bonds. The zero-order valence-corrected chi connectivity index (χ0v) is 17.9. The highest BCUT2D eigenvalue weighted by Crippen LogP contribution is 2.44. The summed E-state index contributed by atoms with van der Waals surface area (Å²) in [6.07, 6.45) is 5.86. The summed E-state index contributed by atoms with van der Waals surface area (Å²) in [6.45, 7) is -0.302. The van der Waals surface area contributed by atoms with Crippen molar-refractivity contribution >= 4 is 17.6 Å². The quantitative estimate of drug-likeness (QED) is 0.344. The monoisotopic (exact) mass is 434 g/mol. The minimum Gasteiger partial charge on any atom is -0.480 e. The van der Waals surface area contributed by atoms with Crippen molar-refractivity contribution in [1.29, 1.82) is 0 Å². The van der Waals surface area contributed by atoms with E-state index < -0.39 is 18.2 Å². The smallest absolute Gasteiger partial charge is 0.329 e. The van der Waals surface area contributed by atoms with Crippen LogP contribution in [0.25, 0.3) is 0 Å². The number of aliphatic hydroxyl groups excluding tert-OH is 2. The first-order chi connectivity index (χ1) is 14.5. The van der Waals surface area contributed by atoms with Crippen molar-refractivity contribution < 1.29 is 24.9 Å². The molecule has 164 valence electrons. The summed E-state index contributed by atoms with van der Waals surface area (Å²) >= 11 is 6.51. The second-order valence-corrected chi connectivity index (χ2v) is 9.02. The average molecular weight is 435 g/mol. The molecule has 1 aromatic rings. The van der Waals surface area contributed by atoms with Gasteiger partial charge >= 0.3 is 5.97 Å². The first kappa shape index (κ1) is 23.1. The van der Waals surface area contributed by atoms with Crippen LogP contribution in [0.4, 0.5) is 0 Å². The normalized spacial score (nSPS) is 28.0. The van der Waals surface area contributed by atoms with Gasteiger partial charge in [-0.15, -0.1) is 17.5 Å². The molecule has 2 aliphatic rings. The van der Waals surface area contributed by atoms with Crippen molar-refractivity contribution in [2.75, 3.05) is 13.2 Å². The number of carboxylic acids is 1. The molecule has 0 heterocycles. The van der Waals surface area contributed by atoms with Crippen LogP contribution >= 0.6 is 11.6 Å². The first-order valence-electron chi connectivity index (χ1n) is 10.8. The van der Waals surface area contributed by atoms with Gasteiger partial charge in [0.05, 0.1) is 12.2 Å². The predicted octanol–water partition coefficient (Wildman–Crippen LogP) is 3.87. The highest BCUT2D eigenvalue weighted by atomic mass is 35.5. The lowest BCUT2D eigenvalue weighted by Crippen LogP contribution is -2.19. The lowest BCUT2D eigenvalue weighted by molar-refractivity contribution is -0.141. The molecule has 0 radical (unpaired) electrons. The summed E-state index contributed by atoms with van der Waals surface area (Å²) in [7, 11) is 0. The predicted molar refractivity (Wildman–Crippen MR) is 115 cm³/mol. The second kappa shape index (κ2) is 11.2. The van der Waals surface area contributed by atoms with Crippen molar-refractivity contribution in [1.82, 2.24) is 0 Å². The molecule has 6 heteroatoms. The molecular formula is C24H31ClO5. The minimum atomic E-state index is -1.02. The number of benzene rings is 1. The van der Waals surface area contributed by atoms with Crippen LogP contribution in [0.2, 0.25) is 0 Å². The molecule has 2 saturated carbocycles. The number of ether oxygens (including phenoxy) is 1. The number of rotatable bonds is 7. The van der Waals surface area contributed by atoms with Gasteiger partial charge in [0.1, 0.15) is 13.2 Å². The Bertz CT molecular complexity index is 747.